The minimum atomic E-state index is -0.650. The molecule has 1 aromatic carbocycles. The first-order chi connectivity index (χ1) is 15.6. The van der Waals surface area contributed by atoms with Gasteiger partial charge in [0, 0.05) is 6.20 Å². The van der Waals surface area contributed by atoms with Gasteiger partial charge in [0.1, 0.15) is 34.4 Å². The smallest absolute Gasteiger partial charge is 0.269 e. The molecule has 0 atom stereocenters. The predicted molar refractivity (Wildman–Crippen MR) is 117 cm³/mol. The van der Waals surface area contributed by atoms with Gasteiger partial charge in [-0.25, -0.2) is 0 Å². The molecule has 8 nitrogen and oxygen atoms in total. The number of aryl methyl sites for hydroxylation is 1. The van der Waals surface area contributed by atoms with E-state index in [2.05, 4.69) is 10.3 Å². The first-order valence-electron chi connectivity index (χ1n) is 9.74. The fourth-order valence-corrected chi connectivity index (χ4v) is 3.06. The molecule has 4 aromatic rings. The maximum absolute atomic E-state index is 13.3. The second-order valence-corrected chi connectivity index (χ2v) is 6.87. The van der Waals surface area contributed by atoms with Crippen molar-refractivity contribution in [2.24, 2.45) is 0 Å². The first kappa shape index (κ1) is 20.6. The third kappa shape index (κ3) is 4.27. The van der Waals surface area contributed by atoms with Crippen molar-refractivity contribution >= 4 is 17.6 Å². The van der Waals surface area contributed by atoms with E-state index in [4.69, 9.17) is 9.15 Å². The summed E-state index contributed by atoms with van der Waals surface area (Å²) in [6.45, 7) is 1.93. The van der Waals surface area contributed by atoms with Crippen molar-refractivity contribution in [1.29, 1.82) is 5.26 Å². The van der Waals surface area contributed by atoms with Gasteiger partial charge in [-0.05, 0) is 48.9 Å². The molecule has 158 valence electrons. The first-order valence-corrected chi connectivity index (χ1v) is 9.74. The highest BCUT2D eigenvalue weighted by Crippen LogP contribution is 2.24. The Morgan fingerprint density at radius 2 is 2.03 bits per heavy atom. The molecule has 32 heavy (non-hydrogen) atoms. The Morgan fingerprint density at radius 3 is 2.75 bits per heavy atom. The van der Waals surface area contributed by atoms with Gasteiger partial charge in [0.15, 0.2) is 0 Å². The fourth-order valence-electron chi connectivity index (χ4n) is 3.06. The van der Waals surface area contributed by atoms with Crippen LogP contribution < -0.4 is 15.6 Å². The molecule has 3 heterocycles. The van der Waals surface area contributed by atoms with Crippen molar-refractivity contribution in [3.05, 3.63) is 99.9 Å². The Kier molecular flexibility index (Phi) is 5.81. The number of para-hydroxylation sites is 1. The third-order valence-electron chi connectivity index (χ3n) is 4.66. The zero-order chi connectivity index (χ0) is 22.5. The molecule has 1 amide bonds. The number of amides is 1. The molecule has 0 radical (unpaired) electrons. The number of hydrogen-bond donors (Lipinski definition) is 1. The lowest BCUT2D eigenvalue weighted by Crippen LogP contribution is -2.25. The Labute approximate surface area is 183 Å². The third-order valence-corrected chi connectivity index (χ3v) is 4.66. The van der Waals surface area contributed by atoms with Crippen LogP contribution in [0, 0.1) is 18.3 Å². The normalized spacial score (nSPS) is 11.2. The number of benzene rings is 1. The van der Waals surface area contributed by atoms with Gasteiger partial charge in [-0.3, -0.25) is 14.0 Å². The van der Waals surface area contributed by atoms with E-state index in [1.54, 1.807) is 48.7 Å². The summed E-state index contributed by atoms with van der Waals surface area (Å²) in [7, 11) is 0. The zero-order valence-electron chi connectivity index (χ0n) is 17.1. The van der Waals surface area contributed by atoms with Gasteiger partial charge >= 0.3 is 0 Å². The maximum Gasteiger partial charge on any atom is 0.269 e. The van der Waals surface area contributed by atoms with Crippen LogP contribution in [0.15, 0.2) is 81.8 Å². The number of nitriles is 1. The highest BCUT2D eigenvalue weighted by molar-refractivity contribution is 6.01. The topological polar surface area (TPSA) is 110 Å². The predicted octanol–water partition coefficient (Wildman–Crippen LogP) is 3.61. The van der Waals surface area contributed by atoms with Crippen molar-refractivity contribution in [2.45, 2.75) is 13.5 Å². The van der Waals surface area contributed by atoms with Gasteiger partial charge < -0.3 is 14.5 Å². The zero-order valence-corrected chi connectivity index (χ0v) is 17.1. The Hall–Kier alpha value is -4.64. The van der Waals surface area contributed by atoms with E-state index in [9.17, 15) is 14.9 Å². The number of hydrogen-bond acceptors (Lipinski definition) is 6. The summed E-state index contributed by atoms with van der Waals surface area (Å²) in [6.07, 6.45) is 4.25. The molecule has 3 aromatic heterocycles. The molecule has 0 saturated heterocycles. The average molecular weight is 426 g/mol. The molecule has 0 aliphatic rings. The van der Waals surface area contributed by atoms with E-state index < -0.39 is 11.5 Å². The lowest BCUT2D eigenvalue weighted by molar-refractivity contribution is -0.117. The van der Waals surface area contributed by atoms with Crippen LogP contribution in [0.1, 0.15) is 16.9 Å². The number of carbonyl (C=O) groups is 1. The highest BCUT2D eigenvalue weighted by atomic mass is 16.5. The van der Waals surface area contributed by atoms with Crippen LogP contribution in [-0.4, -0.2) is 15.3 Å². The maximum atomic E-state index is 13.3. The molecule has 0 spiro atoms. The van der Waals surface area contributed by atoms with Crippen molar-refractivity contribution in [3.63, 3.8) is 0 Å². The molecular weight excluding hydrogens is 408 g/mol. The lowest BCUT2D eigenvalue weighted by atomic mass is 10.1. The second-order valence-electron chi connectivity index (χ2n) is 6.87. The van der Waals surface area contributed by atoms with Gasteiger partial charge in [-0.2, -0.15) is 10.2 Å². The van der Waals surface area contributed by atoms with Gasteiger partial charge in [0.25, 0.3) is 11.5 Å². The summed E-state index contributed by atoms with van der Waals surface area (Å²) in [4.78, 5) is 30.3. The molecule has 0 aliphatic heterocycles. The summed E-state index contributed by atoms with van der Waals surface area (Å²) in [5.41, 5.74) is 0.454. The quantitative estimate of drug-likeness (QED) is 0.373. The Morgan fingerprint density at radius 1 is 1.22 bits per heavy atom. The Bertz CT molecular complexity index is 1400. The second kappa shape index (κ2) is 9.02. The van der Waals surface area contributed by atoms with Crippen molar-refractivity contribution in [2.75, 3.05) is 0 Å². The van der Waals surface area contributed by atoms with Crippen molar-refractivity contribution in [3.8, 4) is 17.7 Å². The van der Waals surface area contributed by atoms with E-state index in [0.717, 1.165) is 5.56 Å². The average Bonchev–Trinajstić information content (AvgIpc) is 3.33. The number of pyridine rings is 1. The van der Waals surface area contributed by atoms with Crippen LogP contribution >= 0.6 is 0 Å². The molecule has 0 bridgehead atoms. The van der Waals surface area contributed by atoms with Crippen LogP contribution in [0.4, 0.5) is 0 Å². The summed E-state index contributed by atoms with van der Waals surface area (Å²) >= 11 is 0. The van der Waals surface area contributed by atoms with Crippen LogP contribution in [0.5, 0.6) is 11.6 Å². The van der Waals surface area contributed by atoms with Gasteiger partial charge in [0.2, 0.25) is 5.88 Å². The number of carbonyl (C=O) groups excluding carboxylic acids is 1. The fraction of sp³-hybridized carbons (Fsp3) is 0.0833. The van der Waals surface area contributed by atoms with E-state index >= 15 is 0 Å². The van der Waals surface area contributed by atoms with E-state index in [-0.39, 0.29) is 23.6 Å². The Balaban J connectivity index is 1.79. The van der Waals surface area contributed by atoms with Gasteiger partial charge in [0.05, 0.1) is 12.8 Å². The van der Waals surface area contributed by atoms with Crippen LogP contribution in [-0.2, 0) is 11.3 Å². The molecule has 8 heteroatoms. The number of rotatable bonds is 6. The van der Waals surface area contributed by atoms with Gasteiger partial charge in [-0.1, -0.05) is 24.3 Å². The largest absolute Gasteiger partial charge is 0.467 e. The minimum absolute atomic E-state index is 0.00193. The SMILES string of the molecule is Cc1cccn2c(=O)c(C=C(C#N)C(=O)NCc3ccco3)c(Oc3ccccc3)nc12. The van der Waals surface area contributed by atoms with E-state index in [0.29, 0.717) is 17.2 Å². The number of nitrogens with one attached hydrogen (secondary N) is 1. The highest BCUT2D eigenvalue weighted by Gasteiger charge is 2.18. The molecular formula is C24H18N4O4. The summed E-state index contributed by atoms with van der Waals surface area (Å²) < 4.78 is 12.4. The molecule has 0 fully saturated rings. The summed E-state index contributed by atoms with van der Waals surface area (Å²) in [5.74, 6) is 0.352. The number of aromatic nitrogens is 2. The summed E-state index contributed by atoms with van der Waals surface area (Å²) in [5, 5.41) is 12.2. The number of furan rings is 1. The number of nitrogens with zero attached hydrogens (tertiary/aromatic N) is 3. The van der Waals surface area contributed by atoms with E-state index in [1.165, 1.54) is 16.7 Å². The minimum Gasteiger partial charge on any atom is -0.467 e. The van der Waals surface area contributed by atoms with Crippen LogP contribution in [0.25, 0.3) is 11.7 Å². The molecule has 0 unspecified atom stereocenters. The summed E-state index contributed by atoms with van der Waals surface area (Å²) in [6, 6.07) is 17.6. The van der Waals surface area contributed by atoms with Crippen molar-refractivity contribution < 1.29 is 13.9 Å². The van der Waals surface area contributed by atoms with E-state index in [1.807, 2.05) is 25.1 Å². The molecule has 4 rings (SSSR count). The number of ether oxygens (including phenoxy) is 1. The monoisotopic (exact) mass is 426 g/mol. The molecule has 1 N–H and O–H groups in total. The van der Waals surface area contributed by atoms with Crippen molar-refractivity contribution in [1.82, 2.24) is 14.7 Å². The standard InChI is InChI=1S/C24H18N4O4/c1-16-7-5-11-28-21(16)27-23(32-18-8-3-2-4-9-18)20(24(28)30)13-17(14-25)22(29)26-15-19-10-6-12-31-19/h2-13H,15H2,1H3,(H,26,29). The van der Waals surface area contributed by atoms with Crippen LogP contribution in [0.3, 0.4) is 0 Å². The number of fused-ring (bicyclic) bond motifs is 1. The molecule has 0 aliphatic carbocycles. The molecule has 0 saturated carbocycles. The van der Waals surface area contributed by atoms with Gasteiger partial charge in [-0.15, -0.1) is 0 Å². The van der Waals surface area contributed by atoms with Crippen LogP contribution in [0.2, 0.25) is 0 Å². The lowest BCUT2D eigenvalue weighted by Gasteiger charge is -2.11.